The smallest absolute Gasteiger partial charge is 0.258 e. The van der Waals surface area contributed by atoms with Crippen molar-refractivity contribution in [2.24, 2.45) is 28.9 Å². The lowest BCUT2D eigenvalue weighted by Crippen LogP contribution is -2.51. The van der Waals surface area contributed by atoms with Gasteiger partial charge in [0.2, 0.25) is 11.8 Å². The van der Waals surface area contributed by atoms with E-state index in [-0.39, 0.29) is 29.8 Å². The first kappa shape index (κ1) is 18.4. The summed E-state index contributed by atoms with van der Waals surface area (Å²) in [6.07, 6.45) is 8.71. The number of rotatable bonds is 5. The summed E-state index contributed by atoms with van der Waals surface area (Å²) in [4.78, 5) is 37.2. The molecule has 152 valence electrons. The minimum atomic E-state index is -0.436. The molecule has 29 heavy (non-hydrogen) atoms. The Bertz CT molecular complexity index is 1020. The van der Waals surface area contributed by atoms with E-state index in [9.17, 15) is 14.4 Å². The second-order valence-corrected chi connectivity index (χ2v) is 9.45. The second-order valence-electron chi connectivity index (χ2n) is 9.45. The zero-order chi connectivity index (χ0) is 20.2. The number of carbonyl (C=O) groups is 2. The summed E-state index contributed by atoms with van der Waals surface area (Å²) >= 11 is 0. The molecule has 4 bridgehead atoms. The van der Waals surface area contributed by atoms with Crippen LogP contribution in [0.15, 0.2) is 35.3 Å². The van der Waals surface area contributed by atoms with Gasteiger partial charge in [-0.2, -0.15) is 0 Å². The van der Waals surface area contributed by atoms with Crippen LogP contribution in [0.3, 0.4) is 0 Å². The Kier molecular flexibility index (Phi) is 4.26. The van der Waals surface area contributed by atoms with E-state index in [2.05, 4.69) is 5.32 Å². The van der Waals surface area contributed by atoms with E-state index in [0.717, 1.165) is 24.6 Å². The summed E-state index contributed by atoms with van der Waals surface area (Å²) in [7, 11) is 0. The molecule has 0 unspecified atom stereocenters. The number of aromatic nitrogens is 1. The van der Waals surface area contributed by atoms with Gasteiger partial charge < -0.3 is 15.6 Å². The van der Waals surface area contributed by atoms with E-state index >= 15 is 0 Å². The van der Waals surface area contributed by atoms with E-state index in [1.165, 1.54) is 23.8 Å². The van der Waals surface area contributed by atoms with Crippen LogP contribution in [0.2, 0.25) is 0 Å². The first-order valence-corrected chi connectivity index (χ1v) is 10.7. The van der Waals surface area contributed by atoms with Crippen LogP contribution >= 0.6 is 0 Å². The lowest BCUT2D eigenvalue weighted by molar-refractivity contribution is -0.140. The lowest BCUT2D eigenvalue weighted by Gasteiger charge is -2.55. The first-order valence-electron chi connectivity index (χ1n) is 10.7. The number of fused-ring (bicyclic) bond motifs is 1. The predicted molar refractivity (Wildman–Crippen MR) is 111 cm³/mol. The minimum absolute atomic E-state index is 0.119. The first-order chi connectivity index (χ1) is 13.9. The standard InChI is InChI=1S/C23H27N3O3/c24-20(27)5-7-26-6-4-17-18(21(26)28)2-1-3-19(17)25-22(29)23-11-14-8-15(12-23)10-16(9-14)13-23/h1-4,6,14-16H,5,7-13H2,(H2,24,27)(H,25,29). The molecule has 4 aliphatic carbocycles. The van der Waals surface area contributed by atoms with Crippen molar-refractivity contribution in [2.45, 2.75) is 51.5 Å². The van der Waals surface area contributed by atoms with Crippen molar-refractivity contribution in [3.8, 4) is 0 Å². The summed E-state index contributed by atoms with van der Waals surface area (Å²) in [6, 6.07) is 7.28. The van der Waals surface area contributed by atoms with Gasteiger partial charge in [-0.1, -0.05) is 6.07 Å². The van der Waals surface area contributed by atoms with Crippen LogP contribution in [0.1, 0.15) is 44.9 Å². The molecule has 0 aliphatic heterocycles. The number of hydrogen-bond acceptors (Lipinski definition) is 3. The minimum Gasteiger partial charge on any atom is -0.370 e. The Hall–Kier alpha value is -2.63. The molecule has 0 saturated heterocycles. The van der Waals surface area contributed by atoms with E-state index < -0.39 is 5.91 Å². The monoisotopic (exact) mass is 393 g/mol. The Morgan fingerprint density at radius 3 is 2.31 bits per heavy atom. The molecule has 6 nitrogen and oxygen atoms in total. The summed E-state index contributed by atoms with van der Waals surface area (Å²) in [5.41, 5.74) is 5.50. The van der Waals surface area contributed by atoms with Crippen molar-refractivity contribution in [1.82, 2.24) is 4.57 Å². The van der Waals surface area contributed by atoms with Crippen molar-refractivity contribution >= 4 is 28.3 Å². The molecule has 2 amide bonds. The number of benzene rings is 1. The van der Waals surface area contributed by atoms with Crippen molar-refractivity contribution < 1.29 is 9.59 Å². The second kappa shape index (κ2) is 6.71. The molecule has 4 fully saturated rings. The fraction of sp³-hybridized carbons (Fsp3) is 0.522. The number of nitrogens with one attached hydrogen (secondary N) is 1. The maximum atomic E-state index is 13.4. The fourth-order valence-electron chi connectivity index (χ4n) is 6.48. The number of primary amides is 1. The van der Waals surface area contributed by atoms with Crippen LogP contribution in [0.25, 0.3) is 10.8 Å². The summed E-state index contributed by atoms with van der Waals surface area (Å²) in [5, 5.41) is 4.46. The molecule has 6 rings (SSSR count). The predicted octanol–water partition coefficient (Wildman–Crippen LogP) is 3.03. The Labute approximate surface area is 169 Å². The van der Waals surface area contributed by atoms with Gasteiger partial charge in [0.05, 0.1) is 5.41 Å². The number of nitrogens with two attached hydrogens (primary N) is 1. The van der Waals surface area contributed by atoms with Gasteiger partial charge in [0.25, 0.3) is 5.56 Å². The Balaban J connectivity index is 1.43. The van der Waals surface area contributed by atoms with Crippen LogP contribution in [-0.2, 0) is 16.1 Å². The van der Waals surface area contributed by atoms with Gasteiger partial charge in [-0.25, -0.2) is 0 Å². The molecule has 4 saturated carbocycles. The van der Waals surface area contributed by atoms with Crippen LogP contribution in [0.5, 0.6) is 0 Å². The highest BCUT2D eigenvalue weighted by atomic mass is 16.2. The molecule has 1 aromatic carbocycles. The zero-order valence-electron chi connectivity index (χ0n) is 16.5. The van der Waals surface area contributed by atoms with Crippen LogP contribution in [0, 0.1) is 23.2 Å². The molecule has 0 radical (unpaired) electrons. The molecule has 4 aliphatic rings. The summed E-state index contributed by atoms with van der Waals surface area (Å²) in [6.45, 7) is 0.258. The van der Waals surface area contributed by atoms with E-state index in [0.29, 0.717) is 28.8 Å². The van der Waals surface area contributed by atoms with Gasteiger partial charge in [0.1, 0.15) is 0 Å². The number of carbonyl (C=O) groups excluding carboxylic acids is 2. The third kappa shape index (κ3) is 3.15. The van der Waals surface area contributed by atoms with Gasteiger partial charge >= 0.3 is 0 Å². The van der Waals surface area contributed by atoms with Crippen molar-refractivity contribution in [3.05, 3.63) is 40.8 Å². The van der Waals surface area contributed by atoms with Crippen molar-refractivity contribution in [2.75, 3.05) is 5.32 Å². The Morgan fingerprint density at radius 1 is 1.03 bits per heavy atom. The quantitative estimate of drug-likeness (QED) is 0.817. The van der Waals surface area contributed by atoms with Crippen LogP contribution in [0.4, 0.5) is 5.69 Å². The molecule has 0 atom stereocenters. The molecule has 0 spiro atoms. The van der Waals surface area contributed by atoms with Gasteiger partial charge in [0.15, 0.2) is 0 Å². The molecular formula is C23H27N3O3. The number of nitrogens with zero attached hydrogens (tertiary/aromatic N) is 1. The van der Waals surface area contributed by atoms with Gasteiger partial charge in [0, 0.05) is 35.6 Å². The maximum absolute atomic E-state index is 13.4. The normalized spacial score (nSPS) is 29.9. The highest BCUT2D eigenvalue weighted by Gasteiger charge is 2.54. The molecular weight excluding hydrogens is 366 g/mol. The van der Waals surface area contributed by atoms with E-state index in [1.54, 1.807) is 18.3 Å². The third-order valence-corrected chi connectivity index (χ3v) is 7.39. The third-order valence-electron chi connectivity index (χ3n) is 7.39. The van der Waals surface area contributed by atoms with E-state index in [1.807, 2.05) is 12.1 Å². The highest BCUT2D eigenvalue weighted by molar-refractivity contribution is 6.04. The maximum Gasteiger partial charge on any atom is 0.258 e. The van der Waals surface area contributed by atoms with E-state index in [4.69, 9.17) is 5.73 Å². The van der Waals surface area contributed by atoms with Gasteiger partial charge in [-0.15, -0.1) is 0 Å². The number of hydrogen-bond donors (Lipinski definition) is 2. The zero-order valence-corrected chi connectivity index (χ0v) is 16.5. The molecule has 6 heteroatoms. The average Bonchev–Trinajstić information content (AvgIpc) is 2.67. The lowest BCUT2D eigenvalue weighted by atomic mass is 9.49. The summed E-state index contributed by atoms with van der Waals surface area (Å²) < 4.78 is 1.50. The molecule has 2 aromatic rings. The van der Waals surface area contributed by atoms with Gasteiger partial charge in [-0.05, 0) is 74.5 Å². The molecule has 1 heterocycles. The Morgan fingerprint density at radius 2 is 1.69 bits per heavy atom. The largest absolute Gasteiger partial charge is 0.370 e. The topological polar surface area (TPSA) is 94.2 Å². The van der Waals surface area contributed by atoms with Crippen molar-refractivity contribution in [1.29, 1.82) is 0 Å². The van der Waals surface area contributed by atoms with Crippen LogP contribution < -0.4 is 16.6 Å². The molecule has 3 N–H and O–H groups in total. The number of anilines is 1. The average molecular weight is 393 g/mol. The molecule has 1 aromatic heterocycles. The fourth-order valence-corrected chi connectivity index (χ4v) is 6.48. The number of amides is 2. The number of pyridine rings is 1. The van der Waals surface area contributed by atoms with Crippen molar-refractivity contribution in [3.63, 3.8) is 0 Å². The van der Waals surface area contributed by atoms with Gasteiger partial charge in [-0.3, -0.25) is 14.4 Å². The summed E-state index contributed by atoms with van der Waals surface area (Å²) in [5.74, 6) is 1.81. The highest BCUT2D eigenvalue weighted by Crippen LogP contribution is 2.60. The SMILES string of the molecule is NC(=O)CCn1ccc2c(NC(=O)C34CC5CC(CC(C5)C3)C4)cccc2c1=O. The number of aryl methyl sites for hydroxylation is 1. The van der Waals surface area contributed by atoms with Crippen LogP contribution in [-0.4, -0.2) is 16.4 Å².